The monoisotopic (exact) mass is 608 g/mol. The third kappa shape index (κ3) is 5.29. The highest BCUT2D eigenvalue weighted by molar-refractivity contribution is 7.87. The van der Waals surface area contributed by atoms with Crippen molar-refractivity contribution in [2.24, 2.45) is 0 Å². The molecule has 0 N–H and O–H groups in total. The van der Waals surface area contributed by atoms with Gasteiger partial charge in [-0.05, 0) is 61.0 Å². The van der Waals surface area contributed by atoms with Gasteiger partial charge in [0.15, 0.2) is 11.3 Å². The minimum absolute atomic E-state index is 0.0384. The van der Waals surface area contributed by atoms with Crippen molar-refractivity contribution < 1.29 is 29.6 Å². The molecule has 0 atom stereocenters. The van der Waals surface area contributed by atoms with Crippen molar-refractivity contribution in [3.8, 4) is 11.5 Å². The Morgan fingerprint density at radius 1 is 0.722 bits per heavy atom. The van der Waals surface area contributed by atoms with E-state index in [1.807, 2.05) is 0 Å². The molecule has 4 aromatic rings. The maximum atomic E-state index is 13.1. The molecular formula is C22H12Cl4O8S2. The molecule has 0 fully saturated rings. The molecule has 0 aliphatic heterocycles. The second-order valence-corrected chi connectivity index (χ2v) is 12.0. The normalized spacial score (nSPS) is 12.0. The first kappa shape index (κ1) is 26.6. The minimum Gasteiger partial charge on any atom is -0.418 e. The molecule has 0 bridgehead atoms. The van der Waals surface area contributed by atoms with Crippen molar-refractivity contribution in [3.05, 3.63) is 90.7 Å². The average molecular weight is 610 g/mol. The number of benzene rings is 3. The molecule has 0 unspecified atom stereocenters. The zero-order valence-electron chi connectivity index (χ0n) is 17.8. The van der Waals surface area contributed by atoms with E-state index in [2.05, 4.69) is 0 Å². The van der Waals surface area contributed by atoms with Crippen molar-refractivity contribution in [2.45, 2.75) is 16.7 Å². The zero-order valence-corrected chi connectivity index (χ0v) is 22.4. The van der Waals surface area contributed by atoms with Gasteiger partial charge in [-0.2, -0.15) is 16.8 Å². The highest BCUT2D eigenvalue weighted by Gasteiger charge is 2.29. The van der Waals surface area contributed by atoms with Gasteiger partial charge in [0.1, 0.15) is 9.79 Å². The fourth-order valence-corrected chi connectivity index (χ4v) is 6.50. The van der Waals surface area contributed by atoms with Crippen molar-refractivity contribution >= 4 is 77.6 Å². The molecule has 36 heavy (non-hydrogen) atoms. The second kappa shape index (κ2) is 9.77. The van der Waals surface area contributed by atoms with Crippen LogP contribution in [0.5, 0.6) is 11.5 Å². The van der Waals surface area contributed by atoms with Crippen molar-refractivity contribution in [3.63, 3.8) is 0 Å². The van der Waals surface area contributed by atoms with Crippen molar-refractivity contribution in [2.75, 3.05) is 0 Å². The SMILES string of the molecule is Cc1cc(=O)oc2c(OS(=O)(=O)c3cc(Cl)ccc3Cl)c(OS(=O)(=O)c3cc(Cl)ccc3Cl)ccc12. The number of aryl methyl sites for hydroxylation is 1. The molecule has 0 aliphatic carbocycles. The van der Waals surface area contributed by atoms with Gasteiger partial charge in [0.25, 0.3) is 0 Å². The minimum atomic E-state index is -4.74. The van der Waals surface area contributed by atoms with Crippen LogP contribution < -0.4 is 14.0 Å². The van der Waals surface area contributed by atoms with Gasteiger partial charge in [-0.15, -0.1) is 0 Å². The van der Waals surface area contributed by atoms with E-state index in [0.29, 0.717) is 5.56 Å². The second-order valence-electron chi connectivity index (χ2n) is 7.24. The van der Waals surface area contributed by atoms with Crippen LogP contribution in [0.1, 0.15) is 5.56 Å². The summed E-state index contributed by atoms with van der Waals surface area (Å²) < 4.78 is 68.0. The van der Waals surface area contributed by atoms with Gasteiger partial charge in [0.2, 0.25) is 5.75 Å². The molecule has 188 valence electrons. The van der Waals surface area contributed by atoms with Gasteiger partial charge in [0, 0.05) is 21.5 Å². The largest absolute Gasteiger partial charge is 0.418 e. The quantitative estimate of drug-likeness (QED) is 0.186. The van der Waals surface area contributed by atoms with Crippen LogP contribution in [0.4, 0.5) is 0 Å². The summed E-state index contributed by atoms with van der Waals surface area (Å²) in [6, 6.07) is 11.0. The lowest BCUT2D eigenvalue weighted by Gasteiger charge is -2.15. The summed E-state index contributed by atoms with van der Waals surface area (Å²) in [6.45, 7) is 1.56. The summed E-state index contributed by atoms with van der Waals surface area (Å²) in [5.41, 5.74) is -0.830. The van der Waals surface area contributed by atoms with Gasteiger partial charge >= 0.3 is 25.9 Å². The van der Waals surface area contributed by atoms with Crippen molar-refractivity contribution in [1.29, 1.82) is 0 Å². The Balaban J connectivity index is 1.94. The van der Waals surface area contributed by atoms with E-state index in [1.165, 1.54) is 30.3 Å². The Kier molecular flexibility index (Phi) is 7.22. The van der Waals surface area contributed by atoms with E-state index < -0.39 is 47.2 Å². The van der Waals surface area contributed by atoms with E-state index in [4.69, 9.17) is 59.2 Å². The Labute approximate surface area is 225 Å². The molecule has 0 saturated carbocycles. The van der Waals surface area contributed by atoms with Gasteiger partial charge in [-0.3, -0.25) is 0 Å². The Hall–Kier alpha value is -2.47. The van der Waals surface area contributed by atoms with E-state index in [0.717, 1.165) is 24.3 Å². The van der Waals surface area contributed by atoms with Crippen LogP contribution in [0.3, 0.4) is 0 Å². The van der Waals surface area contributed by atoms with Crippen LogP contribution in [0, 0.1) is 6.92 Å². The molecule has 0 radical (unpaired) electrons. The first-order valence-corrected chi connectivity index (χ1v) is 14.0. The summed E-state index contributed by atoms with van der Waals surface area (Å²) in [5.74, 6) is -1.33. The van der Waals surface area contributed by atoms with Crippen LogP contribution in [-0.2, 0) is 20.2 Å². The fourth-order valence-electron chi connectivity index (χ4n) is 3.14. The lowest BCUT2D eigenvalue weighted by Crippen LogP contribution is -2.15. The number of fused-ring (bicyclic) bond motifs is 1. The zero-order chi connectivity index (χ0) is 26.4. The molecule has 0 amide bonds. The molecule has 8 nitrogen and oxygen atoms in total. The molecule has 3 aromatic carbocycles. The van der Waals surface area contributed by atoms with Crippen LogP contribution in [0.2, 0.25) is 20.1 Å². The van der Waals surface area contributed by atoms with Gasteiger partial charge in [-0.25, -0.2) is 4.79 Å². The lowest BCUT2D eigenvalue weighted by molar-refractivity contribution is 0.443. The van der Waals surface area contributed by atoms with Crippen molar-refractivity contribution in [1.82, 2.24) is 0 Å². The summed E-state index contributed by atoms with van der Waals surface area (Å²) in [5, 5.41) is -0.0863. The maximum Gasteiger partial charge on any atom is 0.341 e. The van der Waals surface area contributed by atoms with Gasteiger partial charge in [0.05, 0.1) is 10.0 Å². The van der Waals surface area contributed by atoms with Crippen LogP contribution in [0.25, 0.3) is 11.0 Å². The third-order valence-electron chi connectivity index (χ3n) is 4.76. The summed E-state index contributed by atoms with van der Waals surface area (Å²) in [7, 11) is -9.41. The van der Waals surface area contributed by atoms with Crippen LogP contribution >= 0.6 is 46.4 Å². The number of hydrogen-bond acceptors (Lipinski definition) is 8. The molecule has 0 aliphatic rings. The molecule has 1 aromatic heterocycles. The molecule has 14 heteroatoms. The number of hydrogen-bond donors (Lipinski definition) is 0. The van der Waals surface area contributed by atoms with E-state index in [-0.39, 0.29) is 31.1 Å². The third-order valence-corrected chi connectivity index (χ3v) is 8.65. The standard InChI is InChI=1S/C22H12Cl4O8S2/c1-11-8-20(27)32-21-14(11)4-7-17(33-35(28,29)18-9-12(23)2-5-15(18)25)22(21)34-36(30,31)19-10-13(24)3-6-16(19)26/h2-10H,1H3. The molecule has 4 rings (SSSR count). The predicted molar refractivity (Wildman–Crippen MR) is 136 cm³/mol. The first-order chi connectivity index (χ1) is 16.8. The summed E-state index contributed by atoms with van der Waals surface area (Å²) in [4.78, 5) is 11.1. The molecular weight excluding hydrogens is 598 g/mol. The highest BCUT2D eigenvalue weighted by atomic mass is 35.5. The molecule has 0 saturated heterocycles. The lowest BCUT2D eigenvalue weighted by atomic mass is 10.1. The predicted octanol–water partition coefficient (Wildman–Crippen LogP) is 6.25. The highest BCUT2D eigenvalue weighted by Crippen LogP contribution is 2.41. The van der Waals surface area contributed by atoms with Crippen LogP contribution in [-0.4, -0.2) is 16.8 Å². The maximum absolute atomic E-state index is 13.1. The molecule has 0 spiro atoms. The van der Waals surface area contributed by atoms with Gasteiger partial charge < -0.3 is 12.8 Å². The van der Waals surface area contributed by atoms with Gasteiger partial charge in [-0.1, -0.05) is 46.4 Å². The van der Waals surface area contributed by atoms with Crippen LogP contribution in [0.15, 0.2) is 73.6 Å². The van der Waals surface area contributed by atoms with E-state index in [1.54, 1.807) is 6.92 Å². The molecule has 1 heterocycles. The fraction of sp³-hybridized carbons (Fsp3) is 0.0455. The Morgan fingerprint density at radius 2 is 1.25 bits per heavy atom. The Morgan fingerprint density at radius 3 is 1.81 bits per heavy atom. The summed E-state index contributed by atoms with van der Waals surface area (Å²) in [6.07, 6.45) is 0. The number of halogens is 4. The average Bonchev–Trinajstić information content (AvgIpc) is 2.78. The Bertz CT molecular complexity index is 1800. The smallest absolute Gasteiger partial charge is 0.341 e. The topological polar surface area (TPSA) is 117 Å². The number of rotatable bonds is 6. The first-order valence-electron chi connectivity index (χ1n) is 9.65. The van der Waals surface area contributed by atoms with E-state index in [9.17, 15) is 21.6 Å². The summed E-state index contributed by atoms with van der Waals surface area (Å²) >= 11 is 23.8. The van der Waals surface area contributed by atoms with E-state index >= 15 is 0 Å².